The van der Waals surface area contributed by atoms with Crippen LogP contribution >= 0.6 is 35.3 Å². The maximum atomic E-state index is 5.54. The Hall–Kier alpha value is -0.420. The highest BCUT2D eigenvalue weighted by Crippen LogP contribution is 2.26. The Kier molecular flexibility index (Phi) is 11.7. The summed E-state index contributed by atoms with van der Waals surface area (Å²) in [6.45, 7) is 11.9. The van der Waals surface area contributed by atoms with E-state index in [9.17, 15) is 0 Å². The van der Waals surface area contributed by atoms with E-state index in [4.69, 9.17) is 9.73 Å². The van der Waals surface area contributed by atoms with Crippen LogP contribution in [0, 0.1) is 0 Å². The third-order valence-electron chi connectivity index (χ3n) is 5.29. The third-order valence-corrected chi connectivity index (χ3v) is 6.27. The Labute approximate surface area is 191 Å². The molecule has 0 bridgehead atoms. The first-order valence-corrected chi connectivity index (χ1v) is 11.3. The molecule has 0 spiro atoms. The fourth-order valence-electron chi connectivity index (χ4n) is 3.79. The minimum atomic E-state index is 0. The molecule has 8 heteroatoms. The number of piperidine rings is 1. The van der Waals surface area contributed by atoms with Crippen molar-refractivity contribution in [2.24, 2.45) is 4.99 Å². The molecule has 1 aromatic heterocycles. The number of likely N-dealkylation sites (tertiary alicyclic amines) is 1. The van der Waals surface area contributed by atoms with E-state index in [1.165, 1.54) is 37.2 Å². The van der Waals surface area contributed by atoms with Crippen molar-refractivity contribution in [3.05, 3.63) is 22.4 Å². The van der Waals surface area contributed by atoms with Crippen LogP contribution in [0.3, 0.4) is 0 Å². The molecule has 3 heterocycles. The van der Waals surface area contributed by atoms with Crippen LogP contribution in [0.5, 0.6) is 0 Å². The van der Waals surface area contributed by atoms with Gasteiger partial charge in [-0.1, -0.05) is 12.5 Å². The molecular weight excluding hydrogens is 485 g/mol. The molecule has 0 radical (unpaired) electrons. The number of nitrogens with one attached hydrogen (secondary N) is 2. The molecule has 2 saturated heterocycles. The van der Waals surface area contributed by atoms with Crippen LogP contribution in [0.4, 0.5) is 0 Å². The molecule has 0 aromatic carbocycles. The minimum absolute atomic E-state index is 0. The molecule has 2 aliphatic heterocycles. The average molecular weight is 522 g/mol. The standard InChI is InChI=1S/C20H35N5OS.HI/c1-2-21-20(22-8-11-24-9-4-3-5-10-24)23-17-18(19-7-6-16-27-19)25-12-14-26-15-13-25;/h6-7,16,18H,2-5,8-15,17H2,1H3,(H2,21,22,23);1H. The third kappa shape index (κ3) is 7.78. The van der Waals surface area contributed by atoms with Gasteiger partial charge in [0.05, 0.1) is 25.8 Å². The van der Waals surface area contributed by atoms with E-state index >= 15 is 0 Å². The second kappa shape index (κ2) is 13.7. The van der Waals surface area contributed by atoms with Crippen LogP contribution in [-0.2, 0) is 4.74 Å². The number of guanidine groups is 1. The quantitative estimate of drug-likeness (QED) is 0.313. The molecule has 0 amide bonds. The van der Waals surface area contributed by atoms with Crippen molar-refractivity contribution in [2.45, 2.75) is 32.2 Å². The number of nitrogens with zero attached hydrogens (tertiary/aromatic N) is 3. The molecule has 2 fully saturated rings. The van der Waals surface area contributed by atoms with E-state index in [1.807, 2.05) is 11.3 Å². The van der Waals surface area contributed by atoms with Gasteiger partial charge in [-0.05, 0) is 44.3 Å². The van der Waals surface area contributed by atoms with E-state index in [2.05, 4.69) is 44.9 Å². The summed E-state index contributed by atoms with van der Waals surface area (Å²) in [4.78, 5) is 11.4. The first-order valence-electron chi connectivity index (χ1n) is 10.5. The molecule has 2 aliphatic rings. The summed E-state index contributed by atoms with van der Waals surface area (Å²) < 4.78 is 5.54. The van der Waals surface area contributed by atoms with Crippen LogP contribution in [0.2, 0.25) is 0 Å². The van der Waals surface area contributed by atoms with Crippen molar-refractivity contribution in [1.82, 2.24) is 20.4 Å². The van der Waals surface area contributed by atoms with Gasteiger partial charge in [0.15, 0.2) is 5.96 Å². The number of aliphatic imine (C=N–C) groups is 1. The summed E-state index contributed by atoms with van der Waals surface area (Å²) >= 11 is 1.83. The molecule has 0 aliphatic carbocycles. The zero-order valence-electron chi connectivity index (χ0n) is 17.1. The number of ether oxygens (including phenoxy) is 1. The number of rotatable bonds is 8. The van der Waals surface area contributed by atoms with Gasteiger partial charge in [0.1, 0.15) is 0 Å². The SMILES string of the molecule is CCNC(=NCC(c1cccs1)N1CCOCC1)NCCN1CCCCC1.I. The highest BCUT2D eigenvalue weighted by molar-refractivity contribution is 14.0. The van der Waals surface area contributed by atoms with Crippen molar-refractivity contribution < 1.29 is 4.74 Å². The predicted molar refractivity (Wildman–Crippen MR) is 129 cm³/mol. The lowest BCUT2D eigenvalue weighted by Crippen LogP contribution is -2.44. The lowest BCUT2D eigenvalue weighted by atomic mass is 10.1. The lowest BCUT2D eigenvalue weighted by molar-refractivity contribution is 0.0186. The monoisotopic (exact) mass is 521 g/mol. The molecule has 1 aromatic rings. The summed E-state index contributed by atoms with van der Waals surface area (Å²) in [7, 11) is 0. The maximum Gasteiger partial charge on any atom is 0.191 e. The molecule has 160 valence electrons. The van der Waals surface area contributed by atoms with Crippen molar-refractivity contribution in [3.63, 3.8) is 0 Å². The van der Waals surface area contributed by atoms with E-state index in [1.54, 1.807) is 0 Å². The Morgan fingerprint density at radius 3 is 2.64 bits per heavy atom. The smallest absolute Gasteiger partial charge is 0.191 e. The minimum Gasteiger partial charge on any atom is -0.379 e. The van der Waals surface area contributed by atoms with Gasteiger partial charge in [0.2, 0.25) is 0 Å². The summed E-state index contributed by atoms with van der Waals surface area (Å²) in [6, 6.07) is 4.71. The second-order valence-electron chi connectivity index (χ2n) is 7.23. The molecular formula is C20H36IN5OS. The molecule has 3 rings (SSSR count). The van der Waals surface area contributed by atoms with Gasteiger partial charge < -0.3 is 20.3 Å². The van der Waals surface area contributed by atoms with Crippen molar-refractivity contribution in [2.75, 3.05) is 65.6 Å². The summed E-state index contributed by atoms with van der Waals surface area (Å²) in [5.74, 6) is 0.935. The number of hydrogen-bond donors (Lipinski definition) is 2. The highest BCUT2D eigenvalue weighted by Gasteiger charge is 2.23. The maximum absolute atomic E-state index is 5.54. The van der Waals surface area contributed by atoms with Gasteiger partial charge in [-0.3, -0.25) is 9.89 Å². The summed E-state index contributed by atoms with van der Waals surface area (Å²) in [6.07, 6.45) is 4.08. The molecule has 28 heavy (non-hydrogen) atoms. The largest absolute Gasteiger partial charge is 0.379 e. The molecule has 2 N–H and O–H groups in total. The summed E-state index contributed by atoms with van der Waals surface area (Å²) in [5.41, 5.74) is 0. The molecule has 1 atom stereocenters. The van der Waals surface area contributed by atoms with Crippen LogP contribution in [0.25, 0.3) is 0 Å². The second-order valence-corrected chi connectivity index (χ2v) is 8.21. The van der Waals surface area contributed by atoms with E-state index < -0.39 is 0 Å². The predicted octanol–water partition coefficient (Wildman–Crippen LogP) is 2.78. The van der Waals surface area contributed by atoms with Crippen LogP contribution in [0.15, 0.2) is 22.5 Å². The van der Waals surface area contributed by atoms with E-state index in [-0.39, 0.29) is 24.0 Å². The number of morpholine rings is 1. The summed E-state index contributed by atoms with van der Waals surface area (Å²) in [5, 5.41) is 9.09. The van der Waals surface area contributed by atoms with Crippen molar-refractivity contribution >= 4 is 41.3 Å². The van der Waals surface area contributed by atoms with Crippen molar-refractivity contribution in [1.29, 1.82) is 0 Å². The van der Waals surface area contributed by atoms with Crippen LogP contribution < -0.4 is 10.6 Å². The number of thiophene rings is 1. The van der Waals surface area contributed by atoms with E-state index in [0.29, 0.717) is 6.04 Å². The average Bonchev–Trinajstić information content (AvgIpc) is 3.24. The van der Waals surface area contributed by atoms with Gasteiger partial charge in [-0.25, -0.2) is 0 Å². The van der Waals surface area contributed by atoms with Crippen LogP contribution in [-0.4, -0.2) is 81.3 Å². The van der Waals surface area contributed by atoms with Gasteiger partial charge >= 0.3 is 0 Å². The van der Waals surface area contributed by atoms with Gasteiger partial charge in [0, 0.05) is 37.6 Å². The zero-order chi connectivity index (χ0) is 18.7. The Morgan fingerprint density at radius 2 is 1.96 bits per heavy atom. The lowest BCUT2D eigenvalue weighted by Gasteiger charge is -2.33. The van der Waals surface area contributed by atoms with Gasteiger partial charge in [0.25, 0.3) is 0 Å². The first-order chi connectivity index (χ1) is 13.4. The number of hydrogen-bond acceptors (Lipinski definition) is 5. The molecule has 1 unspecified atom stereocenters. The molecule has 0 saturated carbocycles. The van der Waals surface area contributed by atoms with Crippen LogP contribution in [0.1, 0.15) is 37.1 Å². The molecule has 6 nitrogen and oxygen atoms in total. The topological polar surface area (TPSA) is 52.1 Å². The van der Waals surface area contributed by atoms with E-state index in [0.717, 1.165) is 58.4 Å². The zero-order valence-corrected chi connectivity index (χ0v) is 20.2. The van der Waals surface area contributed by atoms with Gasteiger partial charge in [-0.2, -0.15) is 0 Å². The Balaban J connectivity index is 0.00000280. The fraction of sp³-hybridized carbons (Fsp3) is 0.750. The van der Waals surface area contributed by atoms with Gasteiger partial charge in [-0.15, -0.1) is 35.3 Å². The van der Waals surface area contributed by atoms with Crippen molar-refractivity contribution in [3.8, 4) is 0 Å². The number of halogens is 1. The first kappa shape index (κ1) is 23.9. The normalized spacial score (nSPS) is 20.4. The highest BCUT2D eigenvalue weighted by atomic mass is 127. The Bertz CT molecular complexity index is 545. The Morgan fingerprint density at radius 1 is 1.18 bits per heavy atom. The fourth-order valence-corrected chi connectivity index (χ4v) is 4.64.